The third-order valence-electron chi connectivity index (χ3n) is 1.28. The molecule has 0 atom stereocenters. The highest BCUT2D eigenvalue weighted by Gasteiger charge is 1.98. The van der Waals surface area contributed by atoms with Crippen LogP contribution in [0.3, 0.4) is 0 Å². The highest BCUT2D eigenvalue weighted by atomic mass is 32.1. The van der Waals surface area contributed by atoms with Crippen LogP contribution in [0.2, 0.25) is 0 Å². The maximum absolute atomic E-state index is 10.6. The monoisotopic (exact) mass is 143 g/mol. The largest absolute Gasteiger partial charge is 0.316 e. The van der Waals surface area contributed by atoms with Gasteiger partial charge < -0.3 is 4.98 Å². The molecule has 1 aromatic rings. The molecule has 0 saturated carbocycles. The van der Waals surface area contributed by atoms with Crippen LogP contribution in [0.15, 0.2) is 4.79 Å². The average Bonchev–Trinajstić information content (AvgIpc) is 2.10. The number of aromatic nitrogens is 1. The fourth-order valence-corrected chi connectivity index (χ4v) is 1.55. The Labute approximate surface area is 57.5 Å². The summed E-state index contributed by atoms with van der Waals surface area (Å²) in [6.45, 7) is 3.99. The Morgan fingerprint density at radius 2 is 2.33 bits per heavy atom. The lowest BCUT2D eigenvalue weighted by Crippen LogP contribution is -1.93. The average molecular weight is 143 g/mol. The number of hydrogen-bond donors (Lipinski definition) is 1. The second-order valence-electron chi connectivity index (χ2n) is 1.90. The van der Waals surface area contributed by atoms with Crippen molar-refractivity contribution in [2.75, 3.05) is 0 Å². The van der Waals surface area contributed by atoms with E-state index in [2.05, 4.69) is 4.98 Å². The standard InChI is InChI=1S/C6H9NOS/c1-3-5-4(2)9-6(8)7-5/h3H2,1-2H3,(H,7,8). The first kappa shape index (κ1) is 6.55. The van der Waals surface area contributed by atoms with Gasteiger partial charge in [0.1, 0.15) is 0 Å². The number of H-pyrrole nitrogens is 1. The molecular formula is C6H9NOS. The third kappa shape index (κ3) is 1.21. The van der Waals surface area contributed by atoms with Crippen LogP contribution in [-0.2, 0) is 6.42 Å². The predicted octanol–water partition coefficient (Wildman–Crippen LogP) is 1.31. The molecule has 0 radical (unpaired) electrons. The van der Waals surface area contributed by atoms with Crippen LogP contribution >= 0.6 is 11.3 Å². The minimum absolute atomic E-state index is 0.0596. The van der Waals surface area contributed by atoms with Crippen molar-refractivity contribution >= 4 is 11.3 Å². The number of aromatic amines is 1. The van der Waals surface area contributed by atoms with Gasteiger partial charge >= 0.3 is 4.87 Å². The van der Waals surface area contributed by atoms with Crippen molar-refractivity contribution in [3.63, 3.8) is 0 Å². The van der Waals surface area contributed by atoms with Crippen LogP contribution in [0, 0.1) is 6.92 Å². The third-order valence-corrected chi connectivity index (χ3v) is 2.12. The summed E-state index contributed by atoms with van der Waals surface area (Å²) < 4.78 is 0. The van der Waals surface area contributed by atoms with E-state index in [4.69, 9.17) is 0 Å². The zero-order valence-corrected chi connectivity index (χ0v) is 6.34. The van der Waals surface area contributed by atoms with E-state index in [1.165, 1.54) is 11.3 Å². The molecule has 0 bridgehead atoms. The quantitative estimate of drug-likeness (QED) is 0.631. The van der Waals surface area contributed by atoms with E-state index in [-0.39, 0.29) is 4.87 Å². The lowest BCUT2D eigenvalue weighted by Gasteiger charge is -1.87. The molecule has 0 aliphatic carbocycles. The summed E-state index contributed by atoms with van der Waals surface area (Å²) >= 11 is 1.28. The highest BCUT2D eigenvalue weighted by Crippen LogP contribution is 2.06. The second-order valence-corrected chi connectivity index (χ2v) is 3.09. The van der Waals surface area contributed by atoms with Gasteiger partial charge in [0.05, 0.1) is 0 Å². The molecule has 0 aromatic carbocycles. The van der Waals surface area contributed by atoms with Gasteiger partial charge in [-0.1, -0.05) is 18.3 Å². The molecule has 1 N–H and O–H groups in total. The van der Waals surface area contributed by atoms with Crippen LogP contribution < -0.4 is 4.87 Å². The van der Waals surface area contributed by atoms with Crippen LogP contribution in [0.25, 0.3) is 0 Å². The SMILES string of the molecule is CCc1[nH]c(=O)sc1C. The number of hydrogen-bond acceptors (Lipinski definition) is 2. The number of thiazole rings is 1. The Morgan fingerprint density at radius 1 is 1.67 bits per heavy atom. The van der Waals surface area contributed by atoms with Crippen molar-refractivity contribution in [1.29, 1.82) is 0 Å². The zero-order chi connectivity index (χ0) is 6.85. The zero-order valence-electron chi connectivity index (χ0n) is 5.52. The summed E-state index contributed by atoms with van der Waals surface area (Å²) in [6.07, 6.45) is 0.921. The normalized spacial score (nSPS) is 10.0. The number of rotatable bonds is 1. The van der Waals surface area contributed by atoms with Crippen molar-refractivity contribution in [2.24, 2.45) is 0 Å². The van der Waals surface area contributed by atoms with Crippen LogP contribution in [0.5, 0.6) is 0 Å². The van der Waals surface area contributed by atoms with Crippen molar-refractivity contribution in [1.82, 2.24) is 4.98 Å². The van der Waals surface area contributed by atoms with E-state index in [0.29, 0.717) is 0 Å². The van der Waals surface area contributed by atoms with Gasteiger partial charge in [0.25, 0.3) is 0 Å². The first-order valence-corrected chi connectivity index (χ1v) is 3.74. The number of nitrogens with one attached hydrogen (secondary N) is 1. The van der Waals surface area contributed by atoms with Crippen molar-refractivity contribution < 1.29 is 0 Å². The summed E-state index contributed by atoms with van der Waals surface area (Å²) in [5, 5.41) is 0. The minimum Gasteiger partial charge on any atom is -0.316 e. The van der Waals surface area contributed by atoms with Gasteiger partial charge in [0.15, 0.2) is 0 Å². The molecule has 0 spiro atoms. The first-order chi connectivity index (χ1) is 4.24. The summed E-state index contributed by atoms with van der Waals surface area (Å²) in [7, 11) is 0. The molecule has 0 amide bonds. The van der Waals surface area contributed by atoms with Crippen LogP contribution in [0.1, 0.15) is 17.5 Å². The van der Waals surface area contributed by atoms with E-state index < -0.39 is 0 Å². The molecule has 0 aliphatic heterocycles. The maximum atomic E-state index is 10.6. The topological polar surface area (TPSA) is 32.9 Å². The molecule has 3 heteroatoms. The van der Waals surface area contributed by atoms with E-state index in [1.54, 1.807) is 0 Å². The van der Waals surface area contributed by atoms with E-state index in [0.717, 1.165) is 17.0 Å². The molecular weight excluding hydrogens is 134 g/mol. The minimum atomic E-state index is 0.0596. The first-order valence-electron chi connectivity index (χ1n) is 2.92. The van der Waals surface area contributed by atoms with Gasteiger partial charge in [-0.25, -0.2) is 0 Å². The van der Waals surface area contributed by atoms with Crippen molar-refractivity contribution in [2.45, 2.75) is 20.3 Å². The van der Waals surface area contributed by atoms with Gasteiger partial charge in [-0.15, -0.1) is 0 Å². The Hall–Kier alpha value is -0.570. The molecule has 9 heavy (non-hydrogen) atoms. The lowest BCUT2D eigenvalue weighted by atomic mass is 10.3. The van der Waals surface area contributed by atoms with E-state index in [9.17, 15) is 4.79 Å². The molecule has 1 rings (SSSR count). The molecule has 0 saturated heterocycles. The van der Waals surface area contributed by atoms with Gasteiger partial charge in [0.2, 0.25) is 0 Å². The summed E-state index contributed by atoms with van der Waals surface area (Å²) in [4.78, 5) is 14.6. The molecule has 50 valence electrons. The van der Waals surface area contributed by atoms with Gasteiger partial charge in [-0.05, 0) is 13.3 Å². The van der Waals surface area contributed by atoms with Gasteiger partial charge in [-0.3, -0.25) is 4.79 Å². The predicted molar refractivity (Wildman–Crippen MR) is 39.1 cm³/mol. The van der Waals surface area contributed by atoms with Crippen molar-refractivity contribution in [3.05, 3.63) is 20.2 Å². The molecule has 0 unspecified atom stereocenters. The fraction of sp³-hybridized carbons (Fsp3) is 0.500. The molecule has 2 nitrogen and oxygen atoms in total. The Bertz CT molecular complexity index is 248. The smallest absolute Gasteiger partial charge is 0.304 e. The van der Waals surface area contributed by atoms with E-state index >= 15 is 0 Å². The Balaban J connectivity index is 3.16. The Morgan fingerprint density at radius 3 is 2.56 bits per heavy atom. The second kappa shape index (κ2) is 2.35. The fourth-order valence-electron chi connectivity index (χ4n) is 0.775. The Kier molecular flexibility index (Phi) is 1.71. The lowest BCUT2D eigenvalue weighted by molar-refractivity contribution is 1.03. The van der Waals surface area contributed by atoms with Crippen LogP contribution in [0.4, 0.5) is 0 Å². The number of aryl methyl sites for hydroxylation is 2. The summed E-state index contributed by atoms with van der Waals surface area (Å²) in [5.41, 5.74) is 1.07. The van der Waals surface area contributed by atoms with E-state index in [1.807, 2.05) is 13.8 Å². The molecule has 1 aromatic heterocycles. The van der Waals surface area contributed by atoms with Gasteiger partial charge in [0, 0.05) is 10.6 Å². The molecule has 0 fully saturated rings. The maximum Gasteiger partial charge on any atom is 0.304 e. The summed E-state index contributed by atoms with van der Waals surface area (Å²) in [6, 6.07) is 0. The van der Waals surface area contributed by atoms with Crippen LogP contribution in [-0.4, -0.2) is 4.98 Å². The van der Waals surface area contributed by atoms with Crippen molar-refractivity contribution in [3.8, 4) is 0 Å². The molecule has 0 aliphatic rings. The van der Waals surface area contributed by atoms with Gasteiger partial charge in [-0.2, -0.15) is 0 Å². The summed E-state index contributed by atoms with van der Waals surface area (Å²) in [5.74, 6) is 0. The highest BCUT2D eigenvalue weighted by molar-refractivity contribution is 7.09. The molecule has 1 heterocycles.